The summed E-state index contributed by atoms with van der Waals surface area (Å²) in [5, 5.41) is 4.51. The summed E-state index contributed by atoms with van der Waals surface area (Å²) in [7, 11) is 2.01. The van der Waals surface area contributed by atoms with Crippen molar-refractivity contribution < 1.29 is 0 Å². The minimum absolute atomic E-state index is 0.528. The number of rotatable bonds is 4. The van der Waals surface area contributed by atoms with Gasteiger partial charge >= 0.3 is 0 Å². The molecule has 0 saturated heterocycles. The van der Waals surface area contributed by atoms with E-state index in [1.807, 2.05) is 35.6 Å². The van der Waals surface area contributed by atoms with Gasteiger partial charge < -0.3 is 4.57 Å². The lowest BCUT2D eigenvalue weighted by atomic mass is 10.2. The van der Waals surface area contributed by atoms with Gasteiger partial charge in [0, 0.05) is 43.7 Å². The van der Waals surface area contributed by atoms with Crippen LogP contribution in [0.15, 0.2) is 12.4 Å². The molecule has 5 heteroatoms. The van der Waals surface area contributed by atoms with Gasteiger partial charge in [0.1, 0.15) is 5.82 Å². The minimum Gasteiger partial charge on any atom is -0.338 e. The average molecular weight is 253 g/mol. The summed E-state index contributed by atoms with van der Waals surface area (Å²) in [6, 6.07) is 0. The Morgan fingerprint density at radius 1 is 1.35 bits per heavy atom. The molecule has 0 aromatic carbocycles. The van der Waals surface area contributed by atoms with Gasteiger partial charge in [0.15, 0.2) is 0 Å². The van der Waals surface area contributed by atoms with Gasteiger partial charge in [0.2, 0.25) is 0 Å². The summed E-state index contributed by atoms with van der Waals surface area (Å²) >= 11 is 5.91. The Morgan fingerprint density at radius 3 is 2.65 bits per heavy atom. The quantitative estimate of drug-likeness (QED) is 0.783. The second kappa shape index (κ2) is 4.92. The lowest BCUT2D eigenvalue weighted by Crippen LogP contribution is -2.08. The zero-order valence-corrected chi connectivity index (χ0v) is 11.2. The molecule has 2 rings (SSSR count). The van der Waals surface area contributed by atoms with Gasteiger partial charge in [-0.2, -0.15) is 5.10 Å². The van der Waals surface area contributed by atoms with Crippen LogP contribution in [-0.4, -0.2) is 19.3 Å². The lowest BCUT2D eigenvalue weighted by molar-refractivity contribution is 0.572. The van der Waals surface area contributed by atoms with Crippen LogP contribution in [0.5, 0.6) is 0 Å². The zero-order valence-electron chi connectivity index (χ0n) is 10.4. The van der Waals surface area contributed by atoms with E-state index in [-0.39, 0.29) is 0 Å². The van der Waals surface area contributed by atoms with E-state index in [9.17, 15) is 0 Å². The van der Waals surface area contributed by atoms with Crippen molar-refractivity contribution in [2.45, 2.75) is 32.7 Å². The maximum atomic E-state index is 5.91. The Hall–Kier alpha value is -1.29. The minimum atomic E-state index is 0.528. The second-order valence-corrected chi connectivity index (χ2v) is 4.48. The van der Waals surface area contributed by atoms with Gasteiger partial charge in [-0.1, -0.05) is 0 Å². The fraction of sp³-hybridized carbons (Fsp3) is 0.500. The first-order valence-electron chi connectivity index (χ1n) is 5.68. The Labute approximate surface area is 106 Å². The molecule has 2 aromatic rings. The van der Waals surface area contributed by atoms with E-state index < -0.39 is 0 Å². The first-order chi connectivity index (χ1) is 8.13. The number of imidazole rings is 1. The Balaban J connectivity index is 2.12. The van der Waals surface area contributed by atoms with Gasteiger partial charge in [0.05, 0.1) is 11.6 Å². The fourth-order valence-corrected chi connectivity index (χ4v) is 2.38. The van der Waals surface area contributed by atoms with Crippen LogP contribution in [0.25, 0.3) is 0 Å². The largest absolute Gasteiger partial charge is 0.338 e. The summed E-state index contributed by atoms with van der Waals surface area (Å²) in [4.78, 5) is 4.31. The Bertz CT molecular complexity index is 513. The molecule has 0 bridgehead atoms. The maximum absolute atomic E-state index is 5.91. The third-order valence-corrected chi connectivity index (χ3v) is 3.40. The molecule has 0 N–H and O–H groups in total. The highest BCUT2D eigenvalue weighted by Crippen LogP contribution is 2.15. The molecule has 0 aliphatic rings. The number of nitrogens with zero attached hydrogens (tertiary/aromatic N) is 4. The van der Waals surface area contributed by atoms with E-state index in [0.29, 0.717) is 5.88 Å². The van der Waals surface area contributed by atoms with Crippen LogP contribution in [0.1, 0.15) is 22.8 Å². The SMILES string of the molecule is Cc1nn(CCc2nccn2C)c(C)c1CCl. The molecule has 17 heavy (non-hydrogen) atoms. The summed E-state index contributed by atoms with van der Waals surface area (Å²) in [5.74, 6) is 1.60. The Kier molecular flexibility index (Phi) is 3.52. The van der Waals surface area contributed by atoms with Crippen LogP contribution in [0.4, 0.5) is 0 Å². The zero-order chi connectivity index (χ0) is 12.4. The van der Waals surface area contributed by atoms with Crippen molar-refractivity contribution in [2.24, 2.45) is 7.05 Å². The molecule has 0 unspecified atom stereocenters. The van der Waals surface area contributed by atoms with Gasteiger partial charge in [-0.05, 0) is 13.8 Å². The molecule has 0 aliphatic heterocycles. The van der Waals surface area contributed by atoms with Gasteiger partial charge in [0.25, 0.3) is 0 Å². The molecule has 0 spiro atoms. The highest BCUT2D eigenvalue weighted by Gasteiger charge is 2.10. The van der Waals surface area contributed by atoms with E-state index in [4.69, 9.17) is 11.6 Å². The predicted molar refractivity (Wildman–Crippen MR) is 68.2 cm³/mol. The van der Waals surface area contributed by atoms with E-state index in [2.05, 4.69) is 17.0 Å². The fourth-order valence-electron chi connectivity index (χ4n) is 1.99. The first kappa shape index (κ1) is 12.2. The molecule has 92 valence electrons. The highest BCUT2D eigenvalue weighted by molar-refractivity contribution is 6.17. The topological polar surface area (TPSA) is 35.6 Å². The number of alkyl halides is 1. The van der Waals surface area contributed by atoms with Gasteiger partial charge in [-0.25, -0.2) is 4.98 Å². The van der Waals surface area contributed by atoms with Crippen LogP contribution in [-0.2, 0) is 25.9 Å². The molecule has 0 radical (unpaired) electrons. The maximum Gasteiger partial charge on any atom is 0.110 e. The van der Waals surface area contributed by atoms with Crippen molar-refractivity contribution >= 4 is 11.6 Å². The number of halogens is 1. The summed E-state index contributed by atoms with van der Waals surface area (Å²) in [6.45, 7) is 4.91. The van der Waals surface area contributed by atoms with Gasteiger partial charge in [-0.15, -0.1) is 11.6 Å². The van der Waals surface area contributed by atoms with Crippen LogP contribution in [0, 0.1) is 13.8 Å². The summed E-state index contributed by atoms with van der Waals surface area (Å²) < 4.78 is 4.05. The van der Waals surface area contributed by atoms with Crippen LogP contribution < -0.4 is 0 Å². The molecule has 2 aromatic heterocycles. The van der Waals surface area contributed by atoms with E-state index in [1.54, 1.807) is 0 Å². The molecule has 0 aliphatic carbocycles. The molecule has 0 amide bonds. The van der Waals surface area contributed by atoms with Gasteiger partial charge in [-0.3, -0.25) is 4.68 Å². The van der Waals surface area contributed by atoms with Crippen molar-refractivity contribution in [1.82, 2.24) is 19.3 Å². The number of hydrogen-bond acceptors (Lipinski definition) is 2. The van der Waals surface area contributed by atoms with Crippen molar-refractivity contribution in [1.29, 1.82) is 0 Å². The standard InChI is InChI=1S/C12H17ClN4/c1-9-11(8-13)10(2)17(15-9)6-4-12-14-5-7-16(12)3/h5,7H,4,6,8H2,1-3H3. The molecule has 0 atom stereocenters. The lowest BCUT2D eigenvalue weighted by Gasteiger charge is -2.05. The first-order valence-corrected chi connectivity index (χ1v) is 6.22. The third-order valence-electron chi connectivity index (χ3n) is 3.13. The van der Waals surface area contributed by atoms with Crippen LogP contribution in [0.3, 0.4) is 0 Å². The van der Waals surface area contributed by atoms with Crippen molar-refractivity contribution in [3.8, 4) is 0 Å². The van der Waals surface area contributed by atoms with E-state index >= 15 is 0 Å². The highest BCUT2D eigenvalue weighted by atomic mass is 35.5. The second-order valence-electron chi connectivity index (χ2n) is 4.21. The van der Waals surface area contributed by atoms with Crippen molar-refractivity contribution in [3.63, 3.8) is 0 Å². The smallest absolute Gasteiger partial charge is 0.110 e. The van der Waals surface area contributed by atoms with Crippen molar-refractivity contribution in [3.05, 3.63) is 35.2 Å². The molecule has 0 saturated carbocycles. The summed E-state index contributed by atoms with van der Waals surface area (Å²) in [5.41, 5.74) is 3.33. The normalized spacial score (nSPS) is 11.1. The van der Waals surface area contributed by atoms with Crippen LogP contribution in [0.2, 0.25) is 0 Å². The number of hydrogen-bond donors (Lipinski definition) is 0. The molecule has 2 heterocycles. The molecular formula is C12H17ClN4. The number of aryl methyl sites for hydroxylation is 4. The number of aromatic nitrogens is 4. The molecular weight excluding hydrogens is 236 g/mol. The van der Waals surface area contributed by atoms with Crippen molar-refractivity contribution in [2.75, 3.05) is 0 Å². The Morgan fingerprint density at radius 2 is 2.12 bits per heavy atom. The van der Waals surface area contributed by atoms with E-state index in [0.717, 1.165) is 35.7 Å². The van der Waals surface area contributed by atoms with Crippen LogP contribution >= 0.6 is 11.6 Å². The monoisotopic (exact) mass is 252 g/mol. The summed E-state index contributed by atoms with van der Waals surface area (Å²) in [6.07, 6.45) is 4.66. The molecule has 4 nitrogen and oxygen atoms in total. The molecule has 0 fully saturated rings. The van der Waals surface area contributed by atoms with E-state index in [1.165, 1.54) is 0 Å². The predicted octanol–water partition coefficient (Wildman–Crippen LogP) is 2.21. The average Bonchev–Trinajstić information content (AvgIpc) is 2.81. The third kappa shape index (κ3) is 2.36.